The molecule has 0 radical (unpaired) electrons. The van der Waals surface area contributed by atoms with Gasteiger partial charge in [0.25, 0.3) is 0 Å². The highest BCUT2D eigenvalue weighted by molar-refractivity contribution is 5.13. The SMILES string of the molecule is CCC(C)(C)OCc1ccc(CNC(C)C)cn1. The first-order chi connectivity index (χ1) is 8.43. The maximum atomic E-state index is 5.82. The van der Waals surface area contributed by atoms with Crippen molar-refractivity contribution in [1.29, 1.82) is 0 Å². The summed E-state index contributed by atoms with van der Waals surface area (Å²) >= 11 is 0. The van der Waals surface area contributed by atoms with Crippen molar-refractivity contribution in [3.63, 3.8) is 0 Å². The number of nitrogens with zero attached hydrogens (tertiary/aromatic N) is 1. The second-order valence-corrected chi connectivity index (χ2v) is 5.60. The van der Waals surface area contributed by atoms with Crippen LogP contribution in [0.4, 0.5) is 0 Å². The van der Waals surface area contributed by atoms with Crippen LogP contribution in [0.1, 0.15) is 52.3 Å². The second kappa shape index (κ2) is 6.86. The number of hydrogen-bond acceptors (Lipinski definition) is 3. The number of nitrogens with one attached hydrogen (secondary N) is 1. The molecule has 0 bridgehead atoms. The molecule has 1 heterocycles. The number of ether oxygens (including phenoxy) is 1. The fourth-order valence-corrected chi connectivity index (χ4v) is 1.34. The van der Waals surface area contributed by atoms with Gasteiger partial charge in [-0.05, 0) is 31.9 Å². The van der Waals surface area contributed by atoms with Crippen molar-refractivity contribution in [2.45, 2.75) is 65.8 Å². The van der Waals surface area contributed by atoms with Crippen LogP contribution in [-0.2, 0) is 17.9 Å². The summed E-state index contributed by atoms with van der Waals surface area (Å²) in [4.78, 5) is 4.43. The lowest BCUT2D eigenvalue weighted by Gasteiger charge is -2.23. The van der Waals surface area contributed by atoms with E-state index in [1.54, 1.807) is 0 Å². The molecule has 0 aliphatic carbocycles. The summed E-state index contributed by atoms with van der Waals surface area (Å²) < 4.78 is 5.82. The van der Waals surface area contributed by atoms with Gasteiger partial charge >= 0.3 is 0 Å². The summed E-state index contributed by atoms with van der Waals surface area (Å²) in [6.07, 6.45) is 2.93. The predicted octanol–water partition coefficient (Wildman–Crippen LogP) is 3.28. The van der Waals surface area contributed by atoms with Gasteiger partial charge < -0.3 is 10.1 Å². The van der Waals surface area contributed by atoms with Crippen molar-refractivity contribution < 1.29 is 4.74 Å². The standard InChI is InChI=1S/C15H26N2O/c1-6-15(4,5)18-11-14-8-7-13(10-17-14)9-16-12(2)3/h7-8,10,12,16H,6,9,11H2,1-5H3. The molecule has 3 nitrogen and oxygen atoms in total. The average Bonchev–Trinajstić information content (AvgIpc) is 2.35. The molecule has 1 rings (SSSR count). The minimum atomic E-state index is -0.0699. The maximum absolute atomic E-state index is 5.82. The third kappa shape index (κ3) is 5.61. The van der Waals surface area contributed by atoms with E-state index < -0.39 is 0 Å². The number of pyridine rings is 1. The zero-order valence-corrected chi connectivity index (χ0v) is 12.3. The molecule has 0 fully saturated rings. The molecule has 0 aliphatic rings. The Hall–Kier alpha value is -0.930. The van der Waals surface area contributed by atoms with E-state index in [0.717, 1.165) is 18.7 Å². The van der Waals surface area contributed by atoms with Crippen LogP contribution in [0.15, 0.2) is 18.3 Å². The number of rotatable bonds is 7. The molecule has 1 aromatic rings. The zero-order chi connectivity index (χ0) is 13.6. The highest BCUT2D eigenvalue weighted by Gasteiger charge is 2.15. The number of hydrogen-bond donors (Lipinski definition) is 1. The Labute approximate surface area is 111 Å². The lowest BCUT2D eigenvalue weighted by Crippen LogP contribution is -2.23. The average molecular weight is 250 g/mol. The molecule has 0 amide bonds. The quantitative estimate of drug-likeness (QED) is 0.806. The monoisotopic (exact) mass is 250 g/mol. The molecule has 0 atom stereocenters. The van der Waals surface area contributed by atoms with E-state index in [2.05, 4.69) is 51.0 Å². The van der Waals surface area contributed by atoms with Crippen molar-refractivity contribution in [3.05, 3.63) is 29.6 Å². The van der Waals surface area contributed by atoms with Crippen LogP contribution in [-0.4, -0.2) is 16.6 Å². The van der Waals surface area contributed by atoms with Crippen LogP contribution in [0.25, 0.3) is 0 Å². The van der Waals surface area contributed by atoms with Gasteiger partial charge in [0.1, 0.15) is 0 Å². The highest BCUT2D eigenvalue weighted by Crippen LogP contribution is 2.15. The van der Waals surface area contributed by atoms with Crippen LogP contribution in [0, 0.1) is 0 Å². The smallest absolute Gasteiger partial charge is 0.0895 e. The van der Waals surface area contributed by atoms with Gasteiger partial charge in [0.05, 0.1) is 17.9 Å². The Morgan fingerprint density at radius 3 is 2.56 bits per heavy atom. The first-order valence-electron chi connectivity index (χ1n) is 6.74. The van der Waals surface area contributed by atoms with E-state index in [9.17, 15) is 0 Å². The van der Waals surface area contributed by atoms with E-state index in [4.69, 9.17) is 4.74 Å². The van der Waals surface area contributed by atoms with Gasteiger partial charge in [-0.25, -0.2) is 0 Å². The summed E-state index contributed by atoms with van der Waals surface area (Å²) in [5, 5.41) is 3.38. The topological polar surface area (TPSA) is 34.1 Å². The normalized spacial score (nSPS) is 12.1. The summed E-state index contributed by atoms with van der Waals surface area (Å²) in [7, 11) is 0. The molecule has 0 unspecified atom stereocenters. The third-order valence-electron chi connectivity index (χ3n) is 3.06. The Kier molecular flexibility index (Phi) is 5.76. The van der Waals surface area contributed by atoms with Crippen LogP contribution in [0.5, 0.6) is 0 Å². The van der Waals surface area contributed by atoms with Crippen LogP contribution < -0.4 is 5.32 Å². The molecule has 0 aromatic carbocycles. The van der Waals surface area contributed by atoms with E-state index in [0.29, 0.717) is 12.6 Å². The fraction of sp³-hybridized carbons (Fsp3) is 0.667. The Morgan fingerprint density at radius 1 is 1.33 bits per heavy atom. The molecule has 3 heteroatoms. The minimum absolute atomic E-state index is 0.0699. The lowest BCUT2D eigenvalue weighted by atomic mass is 10.1. The van der Waals surface area contributed by atoms with Crippen molar-refractivity contribution in [1.82, 2.24) is 10.3 Å². The summed E-state index contributed by atoms with van der Waals surface area (Å²) in [5.74, 6) is 0. The van der Waals surface area contributed by atoms with Gasteiger partial charge in [-0.3, -0.25) is 4.98 Å². The minimum Gasteiger partial charge on any atom is -0.369 e. The second-order valence-electron chi connectivity index (χ2n) is 5.60. The summed E-state index contributed by atoms with van der Waals surface area (Å²) in [5.41, 5.74) is 2.13. The van der Waals surface area contributed by atoms with E-state index >= 15 is 0 Å². The number of aromatic nitrogens is 1. The van der Waals surface area contributed by atoms with Crippen molar-refractivity contribution in [3.8, 4) is 0 Å². The Bertz CT molecular complexity index is 344. The first kappa shape index (κ1) is 15.1. The van der Waals surface area contributed by atoms with Crippen molar-refractivity contribution in [2.24, 2.45) is 0 Å². The zero-order valence-electron chi connectivity index (χ0n) is 12.3. The van der Waals surface area contributed by atoms with Gasteiger partial charge in [-0.1, -0.05) is 26.8 Å². The van der Waals surface area contributed by atoms with Gasteiger partial charge in [0.2, 0.25) is 0 Å². The van der Waals surface area contributed by atoms with Crippen LogP contribution >= 0.6 is 0 Å². The van der Waals surface area contributed by atoms with Crippen LogP contribution in [0.3, 0.4) is 0 Å². The summed E-state index contributed by atoms with van der Waals surface area (Å²) in [6.45, 7) is 12.1. The van der Waals surface area contributed by atoms with E-state index in [1.165, 1.54) is 5.56 Å². The molecule has 102 valence electrons. The van der Waals surface area contributed by atoms with Gasteiger partial charge in [-0.2, -0.15) is 0 Å². The molecular formula is C15H26N2O. The Balaban J connectivity index is 2.45. The predicted molar refractivity (Wildman–Crippen MR) is 75.4 cm³/mol. The Morgan fingerprint density at radius 2 is 2.06 bits per heavy atom. The lowest BCUT2D eigenvalue weighted by molar-refractivity contribution is -0.0330. The molecule has 0 saturated carbocycles. The van der Waals surface area contributed by atoms with Crippen molar-refractivity contribution >= 4 is 0 Å². The third-order valence-corrected chi connectivity index (χ3v) is 3.06. The van der Waals surface area contributed by atoms with E-state index in [1.807, 2.05) is 12.3 Å². The van der Waals surface area contributed by atoms with Crippen molar-refractivity contribution in [2.75, 3.05) is 0 Å². The molecule has 0 spiro atoms. The van der Waals surface area contributed by atoms with E-state index in [-0.39, 0.29) is 5.60 Å². The molecule has 1 N–H and O–H groups in total. The van der Waals surface area contributed by atoms with Gasteiger partial charge in [0.15, 0.2) is 0 Å². The van der Waals surface area contributed by atoms with Crippen LogP contribution in [0.2, 0.25) is 0 Å². The molecular weight excluding hydrogens is 224 g/mol. The first-order valence-corrected chi connectivity index (χ1v) is 6.74. The largest absolute Gasteiger partial charge is 0.369 e. The van der Waals surface area contributed by atoms with Gasteiger partial charge in [-0.15, -0.1) is 0 Å². The maximum Gasteiger partial charge on any atom is 0.0895 e. The fourth-order valence-electron chi connectivity index (χ4n) is 1.34. The summed E-state index contributed by atoms with van der Waals surface area (Å²) in [6, 6.07) is 4.65. The molecule has 1 aromatic heterocycles. The highest BCUT2D eigenvalue weighted by atomic mass is 16.5. The molecule has 0 saturated heterocycles. The molecule has 0 aliphatic heterocycles. The van der Waals surface area contributed by atoms with Gasteiger partial charge in [0, 0.05) is 18.8 Å². The molecule has 18 heavy (non-hydrogen) atoms.